The Bertz CT molecular complexity index is 467. The van der Waals surface area contributed by atoms with Gasteiger partial charge in [0.25, 0.3) is 4.46 Å². The third-order valence-corrected chi connectivity index (χ3v) is 2.87. The Labute approximate surface area is 117 Å². The second-order valence-electron chi connectivity index (χ2n) is 3.02. The third-order valence-electron chi connectivity index (χ3n) is 1.68. The molecule has 0 bridgehead atoms. The molecule has 0 N–H and O–H groups in total. The first-order valence-electron chi connectivity index (χ1n) is 4.20. The summed E-state index contributed by atoms with van der Waals surface area (Å²) in [6.45, 7) is 1.12. The lowest BCUT2D eigenvalue weighted by atomic mass is 10.3. The molecule has 0 aromatic heterocycles. The molecule has 0 aliphatic carbocycles. The Morgan fingerprint density at radius 3 is 2.41 bits per heavy atom. The van der Waals surface area contributed by atoms with Gasteiger partial charge in [-0.25, -0.2) is 4.39 Å². The van der Waals surface area contributed by atoms with Crippen LogP contribution in [-0.2, 0) is 4.79 Å². The van der Waals surface area contributed by atoms with E-state index in [0.717, 1.165) is 13.0 Å². The van der Waals surface area contributed by atoms with Crippen molar-refractivity contribution in [2.24, 2.45) is 10.2 Å². The summed E-state index contributed by atoms with van der Waals surface area (Å²) in [7, 11) is 0. The molecule has 0 radical (unpaired) electrons. The van der Waals surface area contributed by atoms with Crippen LogP contribution in [0.25, 0.3) is 0 Å². The Morgan fingerprint density at radius 2 is 1.94 bits per heavy atom. The average Bonchev–Trinajstić information content (AvgIpc) is 2.15. The van der Waals surface area contributed by atoms with E-state index >= 15 is 0 Å². The number of nitrogens with zero attached hydrogens (tertiary/aromatic N) is 2. The summed E-state index contributed by atoms with van der Waals surface area (Å²) in [5.74, 6) is -1.44. The van der Waals surface area contributed by atoms with Gasteiger partial charge in [0.15, 0.2) is 11.6 Å². The zero-order valence-electron chi connectivity index (χ0n) is 8.35. The van der Waals surface area contributed by atoms with Crippen LogP contribution in [0.3, 0.4) is 0 Å². The van der Waals surface area contributed by atoms with Crippen molar-refractivity contribution in [2.45, 2.75) is 11.4 Å². The molecular formula is C9H5Cl4FN2O. The maximum absolute atomic E-state index is 13.4. The van der Waals surface area contributed by atoms with Gasteiger partial charge in [-0.1, -0.05) is 46.4 Å². The largest absolute Gasteiger partial charge is 0.294 e. The molecule has 0 saturated heterocycles. The second kappa shape index (κ2) is 5.48. The minimum Gasteiger partial charge on any atom is -0.294 e. The molecule has 0 spiro atoms. The SMILES string of the molecule is CC(=O)C(Cl)(Cl)/N=N/c1c(F)cc(Cl)cc1Cl. The highest BCUT2D eigenvalue weighted by Gasteiger charge is 2.29. The smallest absolute Gasteiger partial charge is 0.285 e. The minimum atomic E-state index is -2.06. The van der Waals surface area contributed by atoms with E-state index in [0.29, 0.717) is 0 Å². The molecule has 92 valence electrons. The van der Waals surface area contributed by atoms with Crippen LogP contribution in [0.1, 0.15) is 6.92 Å². The average molecular weight is 318 g/mol. The third kappa shape index (κ3) is 3.78. The number of Topliss-reactive ketones (excluding diaryl/α,β-unsaturated/α-hetero) is 1. The fourth-order valence-electron chi connectivity index (χ4n) is 0.813. The van der Waals surface area contributed by atoms with Gasteiger partial charge in [0.2, 0.25) is 0 Å². The molecule has 0 aliphatic rings. The zero-order chi connectivity index (χ0) is 13.2. The molecule has 0 fully saturated rings. The molecule has 0 saturated carbocycles. The summed E-state index contributed by atoms with van der Waals surface area (Å²) in [4.78, 5) is 10.9. The lowest BCUT2D eigenvalue weighted by molar-refractivity contribution is -0.117. The molecule has 3 nitrogen and oxygen atoms in total. The van der Waals surface area contributed by atoms with E-state index in [9.17, 15) is 9.18 Å². The number of azo groups is 1. The van der Waals surface area contributed by atoms with Crippen molar-refractivity contribution in [1.29, 1.82) is 0 Å². The lowest BCUT2D eigenvalue weighted by Gasteiger charge is -2.08. The van der Waals surface area contributed by atoms with Crippen molar-refractivity contribution in [1.82, 2.24) is 0 Å². The molecule has 0 heterocycles. The van der Waals surface area contributed by atoms with Crippen molar-refractivity contribution in [3.05, 3.63) is 28.0 Å². The Kier molecular flexibility index (Phi) is 4.72. The molecule has 8 heteroatoms. The first-order chi connectivity index (χ1) is 7.74. The number of rotatable bonds is 3. The number of benzene rings is 1. The highest BCUT2D eigenvalue weighted by Crippen LogP contribution is 2.34. The maximum Gasteiger partial charge on any atom is 0.285 e. The van der Waals surface area contributed by atoms with Crippen LogP contribution in [0.4, 0.5) is 10.1 Å². The lowest BCUT2D eigenvalue weighted by Crippen LogP contribution is -2.19. The number of carbonyl (C=O) groups is 1. The summed E-state index contributed by atoms with van der Waals surface area (Å²) in [6, 6.07) is 2.28. The van der Waals surface area contributed by atoms with Crippen molar-refractivity contribution < 1.29 is 9.18 Å². The number of carbonyl (C=O) groups excluding carboxylic acids is 1. The van der Waals surface area contributed by atoms with E-state index in [2.05, 4.69) is 10.2 Å². The molecule has 1 aromatic rings. The highest BCUT2D eigenvalue weighted by atomic mass is 35.5. The molecule has 17 heavy (non-hydrogen) atoms. The molecule has 0 amide bonds. The van der Waals surface area contributed by atoms with E-state index in [-0.39, 0.29) is 15.7 Å². The van der Waals surface area contributed by atoms with Gasteiger partial charge >= 0.3 is 0 Å². The van der Waals surface area contributed by atoms with Crippen molar-refractivity contribution >= 4 is 57.9 Å². The van der Waals surface area contributed by atoms with Crippen LogP contribution >= 0.6 is 46.4 Å². The van der Waals surface area contributed by atoms with Crippen LogP contribution in [0.15, 0.2) is 22.4 Å². The van der Waals surface area contributed by atoms with E-state index in [1.807, 2.05) is 0 Å². The van der Waals surface area contributed by atoms with Crippen LogP contribution in [0.2, 0.25) is 10.0 Å². The van der Waals surface area contributed by atoms with Gasteiger partial charge in [0, 0.05) is 5.02 Å². The zero-order valence-corrected chi connectivity index (χ0v) is 11.4. The standard InChI is InChI=1S/C9H5Cl4FN2O/c1-4(17)9(12,13)16-15-8-6(11)2-5(10)3-7(8)14/h2-3H,1H3/b16-15+. The van der Waals surface area contributed by atoms with E-state index in [4.69, 9.17) is 46.4 Å². The minimum absolute atomic E-state index is 0.0635. The normalized spacial score (nSPS) is 12.1. The monoisotopic (exact) mass is 316 g/mol. The maximum atomic E-state index is 13.4. The fourth-order valence-corrected chi connectivity index (χ4v) is 1.40. The summed E-state index contributed by atoms with van der Waals surface area (Å²) >= 11 is 22.3. The van der Waals surface area contributed by atoms with E-state index < -0.39 is 16.1 Å². The van der Waals surface area contributed by atoms with Crippen molar-refractivity contribution in [3.63, 3.8) is 0 Å². The summed E-state index contributed by atoms with van der Waals surface area (Å²) in [5, 5.41) is 6.78. The van der Waals surface area contributed by atoms with Crippen molar-refractivity contribution in [3.8, 4) is 0 Å². The van der Waals surface area contributed by atoms with Crippen molar-refractivity contribution in [2.75, 3.05) is 0 Å². The molecule has 0 atom stereocenters. The molecule has 1 rings (SSSR count). The number of hydrogen-bond acceptors (Lipinski definition) is 3. The Hall–Kier alpha value is -0.420. The van der Waals surface area contributed by atoms with Crippen LogP contribution < -0.4 is 0 Å². The number of ketones is 1. The van der Waals surface area contributed by atoms with Gasteiger partial charge in [-0.3, -0.25) is 4.79 Å². The van der Waals surface area contributed by atoms with Gasteiger partial charge in [-0.2, -0.15) is 0 Å². The predicted octanol–water partition coefficient (Wildman–Crippen LogP) is 4.94. The Morgan fingerprint density at radius 1 is 1.35 bits per heavy atom. The topological polar surface area (TPSA) is 41.8 Å². The fraction of sp³-hybridized carbons (Fsp3) is 0.222. The van der Waals surface area contributed by atoms with E-state index in [1.165, 1.54) is 6.07 Å². The summed E-state index contributed by atoms with van der Waals surface area (Å²) in [6.07, 6.45) is 0. The van der Waals surface area contributed by atoms with Gasteiger partial charge < -0.3 is 0 Å². The van der Waals surface area contributed by atoms with E-state index in [1.54, 1.807) is 0 Å². The highest BCUT2D eigenvalue weighted by molar-refractivity contribution is 6.57. The van der Waals surface area contributed by atoms with Crippen LogP contribution in [0, 0.1) is 5.82 Å². The predicted molar refractivity (Wildman–Crippen MR) is 66.1 cm³/mol. The first-order valence-corrected chi connectivity index (χ1v) is 5.71. The van der Waals surface area contributed by atoms with Gasteiger partial charge in [0.05, 0.1) is 5.02 Å². The number of alkyl halides is 2. The molecule has 1 aromatic carbocycles. The Balaban J connectivity index is 3.12. The van der Waals surface area contributed by atoms with Gasteiger partial charge in [0.1, 0.15) is 5.69 Å². The quantitative estimate of drug-likeness (QED) is 0.442. The molecular weight excluding hydrogens is 313 g/mol. The summed E-state index contributed by atoms with van der Waals surface area (Å²) in [5.41, 5.74) is -0.289. The molecule has 0 aliphatic heterocycles. The number of halogens is 5. The van der Waals surface area contributed by atoms with Gasteiger partial charge in [-0.15, -0.1) is 10.2 Å². The second-order valence-corrected chi connectivity index (χ2v) is 5.15. The van der Waals surface area contributed by atoms with Gasteiger partial charge in [-0.05, 0) is 19.1 Å². The summed E-state index contributed by atoms with van der Waals surface area (Å²) < 4.78 is 11.3. The van der Waals surface area contributed by atoms with Crippen LogP contribution in [-0.4, -0.2) is 10.2 Å². The number of hydrogen-bond donors (Lipinski definition) is 0. The van der Waals surface area contributed by atoms with Crippen LogP contribution in [0.5, 0.6) is 0 Å². The first kappa shape index (κ1) is 14.6. The molecule has 0 unspecified atom stereocenters.